The smallest absolute Gasteiger partial charge is 0.412 e. The van der Waals surface area contributed by atoms with Gasteiger partial charge in [-0.15, -0.1) is 0 Å². The van der Waals surface area contributed by atoms with Gasteiger partial charge in [0.25, 0.3) is 0 Å². The molecule has 0 radical (unpaired) electrons. The first-order valence-corrected chi connectivity index (χ1v) is 6.60. The van der Waals surface area contributed by atoms with E-state index in [1.54, 1.807) is 18.2 Å². The molecular weight excluding hydrogens is 258 g/mol. The van der Waals surface area contributed by atoms with Crippen LogP contribution in [0, 0.1) is 6.92 Å². The first-order chi connectivity index (χ1) is 9.60. The van der Waals surface area contributed by atoms with Crippen LogP contribution in [0.1, 0.15) is 25.3 Å². The zero-order chi connectivity index (χ0) is 14.5. The van der Waals surface area contributed by atoms with Crippen LogP contribution < -0.4 is 15.7 Å². The number of carbonyl (C=O) groups excluding carboxylic acids is 1. The van der Waals surface area contributed by atoms with Crippen molar-refractivity contribution in [3.63, 3.8) is 0 Å². The van der Waals surface area contributed by atoms with Crippen LogP contribution in [0.5, 0.6) is 5.75 Å². The molecular formula is C15H17NO4. The van der Waals surface area contributed by atoms with E-state index in [-0.39, 0.29) is 0 Å². The van der Waals surface area contributed by atoms with Gasteiger partial charge in [-0.25, -0.2) is 9.59 Å². The maximum absolute atomic E-state index is 11.5. The normalized spacial score (nSPS) is 10.5. The molecule has 0 atom stereocenters. The van der Waals surface area contributed by atoms with Crippen LogP contribution in [-0.4, -0.2) is 12.6 Å². The number of nitrogens with one attached hydrogen (secondary N) is 1. The monoisotopic (exact) mass is 275 g/mol. The Kier molecular flexibility index (Phi) is 4.40. The molecule has 5 heteroatoms. The molecule has 0 bridgehead atoms. The summed E-state index contributed by atoms with van der Waals surface area (Å²) in [6.07, 6.45) is 1.40. The van der Waals surface area contributed by atoms with Crippen molar-refractivity contribution < 1.29 is 13.9 Å². The summed E-state index contributed by atoms with van der Waals surface area (Å²) in [4.78, 5) is 22.9. The molecule has 0 fully saturated rings. The summed E-state index contributed by atoms with van der Waals surface area (Å²) in [5.41, 5.74) is 0.823. The minimum Gasteiger partial charge on any atom is -0.423 e. The van der Waals surface area contributed by atoms with Gasteiger partial charge < -0.3 is 14.5 Å². The fourth-order valence-corrected chi connectivity index (χ4v) is 1.88. The van der Waals surface area contributed by atoms with E-state index in [0.29, 0.717) is 17.9 Å². The molecule has 0 unspecified atom stereocenters. The van der Waals surface area contributed by atoms with Crippen molar-refractivity contribution in [1.29, 1.82) is 0 Å². The molecule has 1 amide bonds. The third kappa shape index (κ3) is 3.38. The third-order valence-corrected chi connectivity index (χ3v) is 2.93. The van der Waals surface area contributed by atoms with Gasteiger partial charge in [-0.1, -0.05) is 13.3 Å². The molecule has 1 heterocycles. The first kappa shape index (κ1) is 14.1. The lowest BCUT2D eigenvalue weighted by Gasteiger charge is -2.07. The summed E-state index contributed by atoms with van der Waals surface area (Å²) in [6, 6.07) is 6.42. The largest absolute Gasteiger partial charge is 0.423 e. The van der Waals surface area contributed by atoms with Gasteiger partial charge in [-0.3, -0.25) is 0 Å². The lowest BCUT2D eigenvalue weighted by molar-refractivity contribution is 0.200. The first-order valence-electron chi connectivity index (χ1n) is 6.60. The molecule has 5 nitrogen and oxygen atoms in total. The number of hydrogen-bond donors (Lipinski definition) is 1. The van der Waals surface area contributed by atoms with E-state index in [9.17, 15) is 9.59 Å². The Bertz CT molecular complexity index is 675. The van der Waals surface area contributed by atoms with E-state index in [1.807, 2.05) is 13.8 Å². The summed E-state index contributed by atoms with van der Waals surface area (Å²) in [5, 5.41) is 3.47. The van der Waals surface area contributed by atoms with Gasteiger partial charge in [0.2, 0.25) is 0 Å². The predicted octanol–water partition coefficient (Wildman–Crippen LogP) is 2.99. The average Bonchev–Trinajstić information content (AvgIpc) is 2.38. The average molecular weight is 275 g/mol. The minimum absolute atomic E-state index is 0.347. The van der Waals surface area contributed by atoms with Crippen LogP contribution in [0.25, 0.3) is 11.0 Å². The number of fused-ring (bicyclic) bond motifs is 1. The summed E-state index contributed by atoms with van der Waals surface area (Å²) >= 11 is 0. The highest BCUT2D eigenvalue weighted by Gasteiger charge is 2.07. The van der Waals surface area contributed by atoms with Crippen LogP contribution in [-0.2, 0) is 0 Å². The predicted molar refractivity (Wildman–Crippen MR) is 76.2 cm³/mol. The van der Waals surface area contributed by atoms with Gasteiger partial charge in [0.05, 0.1) is 0 Å². The molecule has 0 saturated heterocycles. The number of rotatable bonds is 4. The van der Waals surface area contributed by atoms with Gasteiger partial charge in [0.1, 0.15) is 11.3 Å². The van der Waals surface area contributed by atoms with Crippen molar-refractivity contribution in [2.75, 3.05) is 6.54 Å². The Morgan fingerprint density at radius 3 is 2.90 bits per heavy atom. The molecule has 0 aliphatic heterocycles. The van der Waals surface area contributed by atoms with Crippen LogP contribution in [0.15, 0.2) is 33.5 Å². The Labute approximate surface area is 116 Å². The topological polar surface area (TPSA) is 68.5 Å². The Morgan fingerprint density at radius 2 is 2.15 bits per heavy atom. The van der Waals surface area contributed by atoms with Gasteiger partial charge in [0.15, 0.2) is 0 Å². The second kappa shape index (κ2) is 6.23. The number of unbranched alkanes of at least 4 members (excludes halogenated alkanes) is 1. The van der Waals surface area contributed by atoms with Crippen LogP contribution in [0.3, 0.4) is 0 Å². The summed E-state index contributed by atoms with van der Waals surface area (Å²) in [5.74, 6) is 0.347. The second-order valence-electron chi connectivity index (χ2n) is 4.58. The fourth-order valence-electron chi connectivity index (χ4n) is 1.88. The highest BCUT2D eigenvalue weighted by molar-refractivity contribution is 5.82. The maximum atomic E-state index is 11.5. The molecule has 20 heavy (non-hydrogen) atoms. The molecule has 2 rings (SSSR count). The molecule has 0 saturated carbocycles. The number of aryl methyl sites for hydroxylation is 1. The van der Waals surface area contributed by atoms with E-state index in [4.69, 9.17) is 9.15 Å². The van der Waals surface area contributed by atoms with Crippen molar-refractivity contribution in [2.24, 2.45) is 0 Å². The molecule has 1 aromatic heterocycles. The van der Waals surface area contributed by atoms with Crippen molar-refractivity contribution in [3.05, 3.63) is 40.2 Å². The molecule has 1 N–H and O–H groups in total. The number of hydrogen-bond acceptors (Lipinski definition) is 4. The molecule has 0 aliphatic carbocycles. The van der Waals surface area contributed by atoms with Crippen molar-refractivity contribution in [1.82, 2.24) is 5.32 Å². The van der Waals surface area contributed by atoms with Gasteiger partial charge in [-0.05, 0) is 31.0 Å². The standard InChI is InChI=1S/C15H17NO4/c1-3-4-7-16-15(18)19-11-5-6-12-10(2)8-14(17)20-13(12)9-11/h5-6,8-9H,3-4,7H2,1-2H3,(H,16,18). The molecule has 1 aromatic carbocycles. The SMILES string of the molecule is CCCCNC(=O)Oc1ccc2c(C)cc(=O)oc2c1. The van der Waals surface area contributed by atoms with Crippen LogP contribution in [0.2, 0.25) is 0 Å². The zero-order valence-corrected chi connectivity index (χ0v) is 11.6. The molecule has 2 aromatic rings. The fraction of sp³-hybridized carbons (Fsp3) is 0.333. The quantitative estimate of drug-likeness (QED) is 0.688. The van der Waals surface area contributed by atoms with Gasteiger partial charge in [0, 0.05) is 24.1 Å². The van der Waals surface area contributed by atoms with E-state index >= 15 is 0 Å². The lowest BCUT2D eigenvalue weighted by Crippen LogP contribution is -2.27. The van der Waals surface area contributed by atoms with Crippen LogP contribution >= 0.6 is 0 Å². The molecule has 106 valence electrons. The van der Waals surface area contributed by atoms with E-state index in [1.165, 1.54) is 6.07 Å². The molecule has 0 spiro atoms. The third-order valence-electron chi connectivity index (χ3n) is 2.93. The second-order valence-corrected chi connectivity index (χ2v) is 4.58. The Balaban J connectivity index is 2.15. The number of amides is 1. The van der Waals surface area contributed by atoms with Gasteiger partial charge >= 0.3 is 11.7 Å². The minimum atomic E-state index is -0.507. The summed E-state index contributed by atoms with van der Waals surface area (Å²) < 4.78 is 10.2. The van der Waals surface area contributed by atoms with E-state index in [2.05, 4.69) is 5.32 Å². The summed E-state index contributed by atoms with van der Waals surface area (Å²) in [6.45, 7) is 4.45. The zero-order valence-electron chi connectivity index (χ0n) is 11.6. The van der Waals surface area contributed by atoms with Gasteiger partial charge in [-0.2, -0.15) is 0 Å². The summed E-state index contributed by atoms with van der Waals surface area (Å²) in [7, 11) is 0. The Hall–Kier alpha value is -2.30. The number of ether oxygens (including phenoxy) is 1. The lowest BCUT2D eigenvalue weighted by atomic mass is 10.1. The Morgan fingerprint density at radius 1 is 1.35 bits per heavy atom. The highest BCUT2D eigenvalue weighted by Crippen LogP contribution is 2.22. The van der Waals surface area contributed by atoms with E-state index in [0.717, 1.165) is 23.8 Å². The van der Waals surface area contributed by atoms with Crippen LogP contribution in [0.4, 0.5) is 4.79 Å². The molecule has 0 aliphatic rings. The van der Waals surface area contributed by atoms with Crippen molar-refractivity contribution in [2.45, 2.75) is 26.7 Å². The van der Waals surface area contributed by atoms with Crippen molar-refractivity contribution in [3.8, 4) is 5.75 Å². The number of benzene rings is 1. The van der Waals surface area contributed by atoms with Crippen molar-refractivity contribution >= 4 is 17.1 Å². The highest BCUT2D eigenvalue weighted by atomic mass is 16.6. The van der Waals surface area contributed by atoms with E-state index < -0.39 is 11.7 Å². The number of carbonyl (C=O) groups is 1. The maximum Gasteiger partial charge on any atom is 0.412 e.